The minimum absolute atomic E-state index is 0.0891. The Hall–Kier alpha value is -2.76. The SMILES string of the molecule is Cc1ccc(OCc2ccc(C(=O)NC(CC3CC3)C(=O)O)o2)c(C)c1. The molecule has 26 heavy (non-hydrogen) atoms. The van der Waals surface area contributed by atoms with Gasteiger partial charge in [0, 0.05) is 0 Å². The van der Waals surface area contributed by atoms with Crippen molar-refractivity contribution in [2.24, 2.45) is 5.92 Å². The molecule has 1 saturated carbocycles. The van der Waals surface area contributed by atoms with Crippen LogP contribution in [0.1, 0.15) is 46.7 Å². The zero-order valence-electron chi connectivity index (χ0n) is 15.0. The number of nitrogens with one attached hydrogen (secondary N) is 1. The van der Waals surface area contributed by atoms with E-state index in [1.54, 1.807) is 6.07 Å². The summed E-state index contributed by atoms with van der Waals surface area (Å²) in [5, 5.41) is 11.8. The second-order valence-electron chi connectivity index (χ2n) is 6.87. The fourth-order valence-electron chi connectivity index (χ4n) is 2.83. The number of furan rings is 1. The summed E-state index contributed by atoms with van der Waals surface area (Å²) in [6.07, 6.45) is 2.52. The second kappa shape index (κ2) is 7.64. The average Bonchev–Trinajstić information content (AvgIpc) is 3.27. The lowest BCUT2D eigenvalue weighted by molar-refractivity contribution is -0.139. The lowest BCUT2D eigenvalue weighted by atomic mass is 10.1. The molecule has 1 unspecified atom stereocenters. The molecular formula is C20H23NO5. The molecule has 6 heteroatoms. The Bertz CT molecular complexity index is 806. The molecule has 1 amide bonds. The minimum atomic E-state index is -1.02. The van der Waals surface area contributed by atoms with Crippen molar-refractivity contribution in [1.29, 1.82) is 0 Å². The number of carbonyl (C=O) groups excluding carboxylic acids is 1. The molecule has 0 saturated heterocycles. The van der Waals surface area contributed by atoms with Crippen LogP contribution >= 0.6 is 0 Å². The van der Waals surface area contributed by atoms with Gasteiger partial charge in [-0.3, -0.25) is 4.79 Å². The Morgan fingerprint density at radius 2 is 2.04 bits per heavy atom. The zero-order valence-corrected chi connectivity index (χ0v) is 15.0. The van der Waals surface area contributed by atoms with Crippen LogP contribution in [0.3, 0.4) is 0 Å². The van der Waals surface area contributed by atoms with Gasteiger partial charge in [0.2, 0.25) is 0 Å². The van der Waals surface area contributed by atoms with Crippen LogP contribution < -0.4 is 10.1 Å². The van der Waals surface area contributed by atoms with Gasteiger partial charge in [0.15, 0.2) is 5.76 Å². The lowest BCUT2D eigenvalue weighted by Gasteiger charge is -2.12. The van der Waals surface area contributed by atoms with E-state index in [0.717, 1.165) is 29.7 Å². The number of carboxylic acids is 1. The molecule has 2 aromatic rings. The highest BCUT2D eigenvalue weighted by Gasteiger charge is 2.30. The number of hydrogen-bond acceptors (Lipinski definition) is 4. The van der Waals surface area contributed by atoms with Crippen LogP contribution in [-0.2, 0) is 11.4 Å². The molecule has 1 fully saturated rings. The maximum Gasteiger partial charge on any atom is 0.326 e. The van der Waals surface area contributed by atoms with Crippen LogP contribution in [0.15, 0.2) is 34.7 Å². The molecule has 1 aliphatic carbocycles. The Morgan fingerprint density at radius 1 is 1.27 bits per heavy atom. The third-order valence-corrected chi connectivity index (χ3v) is 4.46. The van der Waals surface area contributed by atoms with Crippen molar-refractivity contribution in [1.82, 2.24) is 5.32 Å². The number of amides is 1. The van der Waals surface area contributed by atoms with E-state index in [9.17, 15) is 14.7 Å². The number of aliphatic carboxylic acids is 1. The van der Waals surface area contributed by atoms with Crippen molar-refractivity contribution in [2.45, 2.75) is 45.8 Å². The molecule has 6 nitrogen and oxygen atoms in total. The van der Waals surface area contributed by atoms with Gasteiger partial charge in [0.25, 0.3) is 5.91 Å². The second-order valence-corrected chi connectivity index (χ2v) is 6.87. The van der Waals surface area contributed by atoms with E-state index in [4.69, 9.17) is 9.15 Å². The number of ether oxygens (including phenoxy) is 1. The molecule has 1 heterocycles. The summed E-state index contributed by atoms with van der Waals surface area (Å²) in [7, 11) is 0. The third kappa shape index (κ3) is 4.65. The highest BCUT2D eigenvalue weighted by atomic mass is 16.5. The van der Waals surface area contributed by atoms with Gasteiger partial charge in [-0.1, -0.05) is 30.5 Å². The predicted octanol–water partition coefficient (Wildman–Crippen LogP) is 3.46. The third-order valence-electron chi connectivity index (χ3n) is 4.46. The summed E-state index contributed by atoms with van der Waals surface area (Å²) in [5.74, 6) is 0.213. The van der Waals surface area contributed by atoms with Crippen LogP contribution in [0.2, 0.25) is 0 Å². The van der Waals surface area contributed by atoms with Crippen LogP contribution in [0, 0.1) is 19.8 Å². The Kier molecular flexibility index (Phi) is 5.30. The first kappa shape index (κ1) is 18.0. The van der Waals surface area contributed by atoms with Crippen LogP contribution in [0.5, 0.6) is 5.75 Å². The molecule has 138 valence electrons. The molecule has 2 N–H and O–H groups in total. The van der Waals surface area contributed by atoms with Crippen molar-refractivity contribution in [3.05, 3.63) is 53.0 Å². The van der Waals surface area contributed by atoms with Crippen LogP contribution in [0.25, 0.3) is 0 Å². The van der Waals surface area contributed by atoms with Crippen molar-refractivity contribution < 1.29 is 23.8 Å². The molecule has 3 rings (SSSR count). The topological polar surface area (TPSA) is 88.8 Å². The molecule has 1 aliphatic rings. The summed E-state index contributed by atoms with van der Waals surface area (Å²) >= 11 is 0. The van der Waals surface area contributed by atoms with Gasteiger partial charge < -0.3 is 19.6 Å². The first-order valence-electron chi connectivity index (χ1n) is 8.75. The number of carboxylic acid groups (broad SMARTS) is 1. The summed E-state index contributed by atoms with van der Waals surface area (Å²) < 4.78 is 11.2. The standard InChI is InChI=1S/C20H23NO5/c1-12-3-7-17(13(2)9-12)25-11-15-6-8-18(26-15)19(22)21-16(20(23)24)10-14-4-5-14/h3,6-9,14,16H,4-5,10-11H2,1-2H3,(H,21,22)(H,23,24). The Labute approximate surface area is 152 Å². The number of rotatable bonds is 8. The summed E-state index contributed by atoms with van der Waals surface area (Å²) in [6.45, 7) is 4.18. The van der Waals surface area contributed by atoms with Gasteiger partial charge >= 0.3 is 5.97 Å². The van der Waals surface area contributed by atoms with Crippen molar-refractivity contribution in [3.63, 3.8) is 0 Å². The zero-order chi connectivity index (χ0) is 18.7. The molecule has 0 bridgehead atoms. The molecular weight excluding hydrogens is 334 g/mol. The van der Waals surface area contributed by atoms with Gasteiger partial charge in [0.05, 0.1) is 0 Å². The van der Waals surface area contributed by atoms with Crippen molar-refractivity contribution >= 4 is 11.9 Å². The van der Waals surface area contributed by atoms with Crippen molar-refractivity contribution in [2.75, 3.05) is 0 Å². The predicted molar refractivity (Wildman–Crippen MR) is 95.2 cm³/mol. The largest absolute Gasteiger partial charge is 0.485 e. The van der Waals surface area contributed by atoms with Crippen LogP contribution in [0.4, 0.5) is 0 Å². The van der Waals surface area contributed by atoms with E-state index in [-0.39, 0.29) is 12.4 Å². The van der Waals surface area contributed by atoms with Crippen molar-refractivity contribution in [3.8, 4) is 5.75 Å². The number of carbonyl (C=O) groups is 2. The van der Waals surface area contributed by atoms with Gasteiger partial charge in [-0.05, 0) is 49.9 Å². The molecule has 0 spiro atoms. The van der Waals surface area contributed by atoms with E-state index >= 15 is 0 Å². The number of aryl methyl sites for hydroxylation is 2. The van der Waals surface area contributed by atoms with Gasteiger partial charge in [0.1, 0.15) is 24.2 Å². The van der Waals surface area contributed by atoms with E-state index in [1.165, 1.54) is 6.07 Å². The molecule has 0 radical (unpaired) electrons. The molecule has 1 aromatic carbocycles. The van der Waals surface area contributed by atoms with Gasteiger partial charge in [-0.25, -0.2) is 4.79 Å². The Morgan fingerprint density at radius 3 is 2.69 bits per heavy atom. The molecule has 1 aromatic heterocycles. The summed E-state index contributed by atoms with van der Waals surface area (Å²) in [5.41, 5.74) is 2.19. The van der Waals surface area contributed by atoms with Gasteiger partial charge in [-0.15, -0.1) is 0 Å². The molecule has 1 atom stereocenters. The van der Waals surface area contributed by atoms with E-state index in [2.05, 4.69) is 5.32 Å². The minimum Gasteiger partial charge on any atom is -0.485 e. The fourth-order valence-corrected chi connectivity index (χ4v) is 2.83. The summed E-state index contributed by atoms with van der Waals surface area (Å²) in [4.78, 5) is 23.5. The van der Waals surface area contributed by atoms with E-state index in [1.807, 2.05) is 32.0 Å². The highest BCUT2D eigenvalue weighted by Crippen LogP contribution is 2.33. The monoisotopic (exact) mass is 357 g/mol. The number of hydrogen-bond donors (Lipinski definition) is 2. The quantitative estimate of drug-likeness (QED) is 0.755. The summed E-state index contributed by atoms with van der Waals surface area (Å²) in [6, 6.07) is 8.21. The smallest absolute Gasteiger partial charge is 0.326 e. The maximum absolute atomic E-state index is 12.2. The first-order valence-corrected chi connectivity index (χ1v) is 8.75. The maximum atomic E-state index is 12.2. The first-order chi connectivity index (χ1) is 12.4. The number of benzene rings is 1. The lowest BCUT2D eigenvalue weighted by Crippen LogP contribution is -2.41. The van der Waals surface area contributed by atoms with Gasteiger partial charge in [-0.2, -0.15) is 0 Å². The van der Waals surface area contributed by atoms with E-state index < -0.39 is 17.9 Å². The fraction of sp³-hybridized carbons (Fsp3) is 0.400. The molecule has 0 aliphatic heterocycles. The Balaban J connectivity index is 1.57. The normalized spacial score (nSPS) is 14.7. The average molecular weight is 357 g/mol. The highest BCUT2D eigenvalue weighted by molar-refractivity contribution is 5.94. The van der Waals surface area contributed by atoms with Crippen LogP contribution in [-0.4, -0.2) is 23.0 Å². The van der Waals surface area contributed by atoms with E-state index in [0.29, 0.717) is 18.1 Å².